The molecule has 12 nitrogen and oxygen atoms in total. The van der Waals surface area contributed by atoms with Crippen molar-refractivity contribution in [3.05, 3.63) is 29.0 Å². The van der Waals surface area contributed by atoms with E-state index in [0.29, 0.717) is 40.6 Å². The van der Waals surface area contributed by atoms with Crippen molar-refractivity contribution in [1.29, 1.82) is 0 Å². The zero-order valence-corrected chi connectivity index (χ0v) is 21.4. The van der Waals surface area contributed by atoms with Crippen molar-refractivity contribution in [2.24, 2.45) is 0 Å². The van der Waals surface area contributed by atoms with Crippen molar-refractivity contribution >= 4 is 29.2 Å². The molecular formula is C23H32ClN11O. The van der Waals surface area contributed by atoms with Crippen LogP contribution < -0.4 is 16.4 Å². The molecular weight excluding hydrogens is 482 g/mol. The first-order valence-electron chi connectivity index (χ1n) is 12.3. The number of rotatable bonds is 6. The predicted octanol–water partition coefficient (Wildman–Crippen LogP) is 2.01. The number of nitrogen functional groups attached to an aromatic ring is 2. The second-order valence-corrected chi connectivity index (χ2v) is 9.76. The van der Waals surface area contributed by atoms with E-state index >= 15 is 0 Å². The molecule has 3 aromatic rings. The Kier molecular flexibility index (Phi) is 7.17. The second-order valence-electron chi connectivity index (χ2n) is 9.40. The molecule has 13 heteroatoms. The molecule has 0 spiro atoms. The highest BCUT2D eigenvalue weighted by atomic mass is 35.5. The van der Waals surface area contributed by atoms with Crippen molar-refractivity contribution in [3.63, 3.8) is 0 Å². The van der Waals surface area contributed by atoms with Gasteiger partial charge in [0.2, 0.25) is 11.8 Å². The van der Waals surface area contributed by atoms with E-state index in [1.54, 1.807) is 6.92 Å². The van der Waals surface area contributed by atoms with Crippen LogP contribution >= 0.6 is 11.6 Å². The topological polar surface area (TPSA) is 152 Å². The number of anilines is 3. The molecule has 0 saturated carbocycles. The van der Waals surface area contributed by atoms with Crippen LogP contribution in [0.5, 0.6) is 0 Å². The van der Waals surface area contributed by atoms with E-state index in [4.69, 9.17) is 27.5 Å². The number of hydrogen-bond donors (Lipinski definition) is 2. The van der Waals surface area contributed by atoms with Gasteiger partial charge in [0.05, 0.1) is 0 Å². The summed E-state index contributed by atoms with van der Waals surface area (Å²) in [4.78, 5) is 24.6. The van der Waals surface area contributed by atoms with Crippen LogP contribution in [0.2, 0.25) is 5.15 Å². The molecule has 3 aromatic heterocycles. The lowest BCUT2D eigenvalue weighted by Gasteiger charge is -2.47. The summed E-state index contributed by atoms with van der Waals surface area (Å²) in [6, 6.07) is 0.962. The van der Waals surface area contributed by atoms with Gasteiger partial charge >= 0.3 is 0 Å². The smallest absolute Gasteiger partial charge is 0.270 e. The van der Waals surface area contributed by atoms with E-state index < -0.39 is 0 Å². The number of likely N-dealkylation sites (tertiary alicyclic amines) is 1. The van der Waals surface area contributed by atoms with Crippen molar-refractivity contribution < 1.29 is 4.42 Å². The van der Waals surface area contributed by atoms with Crippen molar-refractivity contribution in [3.8, 4) is 11.6 Å². The van der Waals surface area contributed by atoms with E-state index in [0.717, 1.165) is 64.1 Å². The van der Waals surface area contributed by atoms with Crippen LogP contribution in [0, 0.1) is 6.92 Å². The summed E-state index contributed by atoms with van der Waals surface area (Å²) in [5, 5.41) is 8.11. The Balaban J connectivity index is 1.21. The zero-order chi connectivity index (χ0) is 25.2. The molecule has 2 aliphatic heterocycles. The lowest BCUT2D eigenvalue weighted by atomic mass is 9.98. The van der Waals surface area contributed by atoms with Crippen molar-refractivity contribution in [1.82, 2.24) is 39.9 Å². The van der Waals surface area contributed by atoms with Gasteiger partial charge in [0.25, 0.3) is 5.89 Å². The summed E-state index contributed by atoms with van der Waals surface area (Å²) in [5.41, 5.74) is 13.2. The number of piperidine rings is 1. The maximum absolute atomic E-state index is 6.56. The van der Waals surface area contributed by atoms with Crippen LogP contribution in [-0.4, -0.2) is 84.7 Å². The van der Waals surface area contributed by atoms with Gasteiger partial charge in [0, 0.05) is 63.1 Å². The van der Waals surface area contributed by atoms with Gasteiger partial charge in [-0.05, 0) is 32.4 Å². The van der Waals surface area contributed by atoms with Gasteiger partial charge in [-0.1, -0.05) is 18.5 Å². The standard InChI is InChI=1S/C23H32ClN11O/c1-3-16-13-34(21-19(24)29-18(20(25)30-21)22-32-31-14(2)36-22)8-9-35(16)17-4-6-33(7-5-17)12-15-10-27-23(26)28-11-15/h10-11,16-17H,3-9,12-13H2,1-2H3,(H2,25,30)(H2,26,27,28)/t16-/m0/s1. The van der Waals surface area contributed by atoms with E-state index in [-0.39, 0.29) is 11.7 Å². The van der Waals surface area contributed by atoms with Gasteiger partial charge in [-0.25, -0.2) is 19.9 Å². The number of halogens is 1. The highest BCUT2D eigenvalue weighted by Gasteiger charge is 2.34. The molecule has 0 amide bonds. The molecule has 2 fully saturated rings. The fraction of sp³-hybridized carbons (Fsp3) is 0.565. The monoisotopic (exact) mass is 513 g/mol. The summed E-state index contributed by atoms with van der Waals surface area (Å²) in [5.74, 6) is 1.80. The average molecular weight is 514 g/mol. The first-order chi connectivity index (χ1) is 17.4. The van der Waals surface area contributed by atoms with Crippen LogP contribution in [0.3, 0.4) is 0 Å². The van der Waals surface area contributed by atoms with E-state index in [1.165, 1.54) is 0 Å². The summed E-state index contributed by atoms with van der Waals surface area (Å²) < 4.78 is 5.45. The van der Waals surface area contributed by atoms with Crippen molar-refractivity contribution in [2.75, 3.05) is 49.1 Å². The first kappa shape index (κ1) is 24.6. The molecule has 0 aromatic carbocycles. The normalized spacial score (nSPS) is 20.2. The number of hydrogen-bond acceptors (Lipinski definition) is 12. The molecule has 0 unspecified atom stereocenters. The summed E-state index contributed by atoms with van der Waals surface area (Å²) in [6.07, 6.45) is 6.95. The van der Waals surface area contributed by atoms with Crippen molar-refractivity contribution in [2.45, 2.75) is 51.7 Å². The van der Waals surface area contributed by atoms with Gasteiger partial charge in [-0.3, -0.25) is 9.80 Å². The number of nitrogens with zero attached hydrogens (tertiary/aromatic N) is 9. The molecule has 5 heterocycles. The molecule has 0 bridgehead atoms. The summed E-state index contributed by atoms with van der Waals surface area (Å²) in [7, 11) is 0. The number of nitrogens with two attached hydrogens (primary N) is 2. The average Bonchev–Trinajstić information content (AvgIpc) is 3.32. The number of aryl methyl sites for hydroxylation is 1. The minimum atomic E-state index is 0.220. The molecule has 2 saturated heterocycles. The highest BCUT2D eigenvalue weighted by molar-refractivity contribution is 6.32. The Hall–Kier alpha value is -3.09. The molecule has 0 radical (unpaired) electrons. The fourth-order valence-corrected chi connectivity index (χ4v) is 5.44. The Labute approximate surface area is 215 Å². The zero-order valence-electron chi connectivity index (χ0n) is 20.6. The minimum absolute atomic E-state index is 0.220. The third-order valence-corrected chi connectivity index (χ3v) is 7.30. The Morgan fingerprint density at radius 1 is 1.06 bits per heavy atom. The lowest BCUT2D eigenvalue weighted by molar-refractivity contribution is 0.0610. The molecule has 36 heavy (non-hydrogen) atoms. The van der Waals surface area contributed by atoms with Gasteiger partial charge in [-0.15, -0.1) is 10.2 Å². The van der Waals surface area contributed by atoms with Gasteiger partial charge in [-0.2, -0.15) is 0 Å². The molecule has 1 atom stereocenters. The van der Waals surface area contributed by atoms with Gasteiger partial charge in [0.1, 0.15) is 0 Å². The predicted molar refractivity (Wildman–Crippen MR) is 137 cm³/mol. The third kappa shape index (κ3) is 5.20. The first-order valence-corrected chi connectivity index (χ1v) is 12.7. The van der Waals surface area contributed by atoms with Gasteiger partial charge < -0.3 is 20.8 Å². The quantitative estimate of drug-likeness (QED) is 0.495. The largest absolute Gasteiger partial charge is 0.420 e. The third-order valence-electron chi connectivity index (χ3n) is 7.05. The van der Waals surface area contributed by atoms with Crippen LogP contribution in [0.1, 0.15) is 37.6 Å². The van der Waals surface area contributed by atoms with Crippen LogP contribution in [0.4, 0.5) is 17.6 Å². The van der Waals surface area contributed by atoms with E-state index in [9.17, 15) is 0 Å². The van der Waals surface area contributed by atoms with Gasteiger partial charge in [0.15, 0.2) is 22.5 Å². The van der Waals surface area contributed by atoms with Crippen LogP contribution in [-0.2, 0) is 6.54 Å². The second kappa shape index (κ2) is 10.5. The Morgan fingerprint density at radius 3 is 2.47 bits per heavy atom. The molecule has 0 aliphatic carbocycles. The molecule has 4 N–H and O–H groups in total. The maximum Gasteiger partial charge on any atom is 0.270 e. The fourth-order valence-electron chi connectivity index (χ4n) is 5.19. The van der Waals surface area contributed by atoms with E-state index in [1.807, 2.05) is 12.4 Å². The van der Waals surface area contributed by atoms with E-state index in [2.05, 4.69) is 51.8 Å². The van der Waals surface area contributed by atoms with Crippen LogP contribution in [0.15, 0.2) is 16.8 Å². The summed E-state index contributed by atoms with van der Waals surface area (Å²) >= 11 is 6.56. The number of aromatic nitrogens is 6. The molecule has 2 aliphatic rings. The Bertz CT molecular complexity index is 1180. The highest BCUT2D eigenvalue weighted by Crippen LogP contribution is 2.32. The molecule has 192 valence electrons. The SMILES string of the molecule is CC[C@H]1CN(c2nc(N)c(-c3nnc(C)o3)nc2Cl)CCN1C1CCN(Cc2cnc(N)nc2)CC1. The van der Waals surface area contributed by atoms with Crippen LogP contribution in [0.25, 0.3) is 11.6 Å². The lowest BCUT2D eigenvalue weighted by Crippen LogP contribution is -2.58. The Morgan fingerprint density at radius 2 is 1.81 bits per heavy atom. The number of piperazine rings is 1. The maximum atomic E-state index is 6.56. The summed E-state index contributed by atoms with van der Waals surface area (Å²) in [6.45, 7) is 9.48. The minimum Gasteiger partial charge on any atom is -0.420 e. The molecule has 5 rings (SSSR count).